The number of carboxylic acids is 1. The number of urea groups is 1. The Labute approximate surface area is 146 Å². The SMILES string of the molecule is Cl.O=C(CCN1CCC(C(=O)O)C1)NC(=O)NCc1ccccc1. The minimum Gasteiger partial charge on any atom is -0.481 e. The van der Waals surface area contributed by atoms with Crippen molar-refractivity contribution in [3.05, 3.63) is 35.9 Å². The van der Waals surface area contributed by atoms with Crippen molar-refractivity contribution in [3.8, 4) is 0 Å². The molecule has 1 aromatic rings. The molecule has 7 nitrogen and oxygen atoms in total. The summed E-state index contributed by atoms with van der Waals surface area (Å²) in [5.74, 6) is -1.51. The van der Waals surface area contributed by atoms with E-state index in [1.54, 1.807) is 0 Å². The van der Waals surface area contributed by atoms with E-state index in [9.17, 15) is 14.4 Å². The largest absolute Gasteiger partial charge is 0.481 e. The highest BCUT2D eigenvalue weighted by molar-refractivity contribution is 5.94. The third-order valence-electron chi connectivity index (χ3n) is 3.83. The highest BCUT2D eigenvalue weighted by atomic mass is 35.5. The van der Waals surface area contributed by atoms with E-state index < -0.39 is 12.0 Å². The maximum atomic E-state index is 11.7. The first-order chi connectivity index (χ1) is 11.0. The van der Waals surface area contributed by atoms with Crippen LogP contribution in [0.5, 0.6) is 0 Å². The molecule has 1 saturated heterocycles. The number of halogens is 1. The Balaban J connectivity index is 0.00000288. The molecule has 0 radical (unpaired) electrons. The van der Waals surface area contributed by atoms with Gasteiger partial charge < -0.3 is 15.3 Å². The van der Waals surface area contributed by atoms with Gasteiger partial charge in [0.25, 0.3) is 0 Å². The van der Waals surface area contributed by atoms with Gasteiger partial charge in [-0.2, -0.15) is 0 Å². The van der Waals surface area contributed by atoms with E-state index in [0.717, 1.165) is 5.56 Å². The lowest BCUT2D eigenvalue weighted by Gasteiger charge is -2.14. The van der Waals surface area contributed by atoms with Crippen LogP contribution in [-0.4, -0.2) is 47.5 Å². The van der Waals surface area contributed by atoms with Crippen molar-refractivity contribution in [2.75, 3.05) is 19.6 Å². The zero-order valence-electron chi connectivity index (χ0n) is 13.2. The van der Waals surface area contributed by atoms with Crippen LogP contribution in [-0.2, 0) is 16.1 Å². The number of benzene rings is 1. The summed E-state index contributed by atoms with van der Waals surface area (Å²) < 4.78 is 0. The van der Waals surface area contributed by atoms with Gasteiger partial charge in [0.05, 0.1) is 5.92 Å². The summed E-state index contributed by atoms with van der Waals surface area (Å²) in [6, 6.07) is 8.88. The number of nitrogens with zero attached hydrogens (tertiary/aromatic N) is 1. The lowest BCUT2D eigenvalue weighted by Crippen LogP contribution is -2.40. The molecule has 0 bridgehead atoms. The van der Waals surface area contributed by atoms with Gasteiger partial charge in [-0.25, -0.2) is 4.79 Å². The second-order valence-electron chi connectivity index (χ2n) is 5.59. The van der Waals surface area contributed by atoms with E-state index in [2.05, 4.69) is 10.6 Å². The molecule has 1 fully saturated rings. The van der Waals surface area contributed by atoms with Crippen LogP contribution >= 0.6 is 12.4 Å². The minimum atomic E-state index is -0.794. The molecule has 132 valence electrons. The molecule has 1 aliphatic heterocycles. The van der Waals surface area contributed by atoms with Crippen LogP contribution in [0.4, 0.5) is 4.79 Å². The van der Waals surface area contributed by atoms with Crippen molar-refractivity contribution in [2.24, 2.45) is 5.92 Å². The summed E-state index contributed by atoms with van der Waals surface area (Å²) in [4.78, 5) is 36.1. The van der Waals surface area contributed by atoms with Crippen LogP contribution in [0.2, 0.25) is 0 Å². The van der Waals surface area contributed by atoms with Crippen LogP contribution in [0.15, 0.2) is 30.3 Å². The summed E-state index contributed by atoms with van der Waals surface area (Å²) in [7, 11) is 0. The molecule has 0 aromatic heterocycles. The number of aliphatic carboxylic acids is 1. The second kappa shape index (κ2) is 9.89. The van der Waals surface area contributed by atoms with Crippen molar-refractivity contribution in [3.63, 3.8) is 0 Å². The number of rotatable bonds is 6. The fraction of sp³-hybridized carbons (Fsp3) is 0.438. The van der Waals surface area contributed by atoms with Crippen LogP contribution < -0.4 is 10.6 Å². The molecule has 3 amide bonds. The molecule has 1 atom stereocenters. The first-order valence-corrected chi connectivity index (χ1v) is 7.61. The molecule has 0 aliphatic carbocycles. The van der Waals surface area contributed by atoms with Gasteiger partial charge in [0.2, 0.25) is 5.91 Å². The molecule has 1 heterocycles. The lowest BCUT2D eigenvalue weighted by molar-refractivity contribution is -0.141. The van der Waals surface area contributed by atoms with Gasteiger partial charge in [0, 0.05) is 26.1 Å². The molecule has 8 heteroatoms. The zero-order chi connectivity index (χ0) is 16.7. The standard InChI is InChI=1S/C16H21N3O4.ClH/c20-14(7-9-19-8-6-13(11-19)15(21)22)18-16(23)17-10-12-4-2-1-3-5-12;/h1-5,13H,6-11H2,(H,21,22)(H2,17,18,20,23);1H. The number of nitrogens with one attached hydrogen (secondary N) is 2. The Kier molecular flexibility index (Phi) is 8.21. The van der Waals surface area contributed by atoms with Crippen molar-refractivity contribution in [2.45, 2.75) is 19.4 Å². The van der Waals surface area contributed by atoms with E-state index in [1.165, 1.54) is 0 Å². The second-order valence-corrected chi connectivity index (χ2v) is 5.59. The van der Waals surface area contributed by atoms with Gasteiger partial charge >= 0.3 is 12.0 Å². The van der Waals surface area contributed by atoms with E-state index in [1.807, 2.05) is 35.2 Å². The van der Waals surface area contributed by atoms with Gasteiger partial charge in [-0.05, 0) is 18.5 Å². The fourth-order valence-electron chi connectivity index (χ4n) is 2.51. The van der Waals surface area contributed by atoms with E-state index >= 15 is 0 Å². The van der Waals surface area contributed by atoms with Crippen LogP contribution in [0, 0.1) is 5.92 Å². The average molecular weight is 356 g/mol. The molecule has 3 N–H and O–H groups in total. The number of amides is 3. The maximum Gasteiger partial charge on any atom is 0.321 e. The summed E-state index contributed by atoms with van der Waals surface area (Å²) in [6.45, 7) is 1.95. The highest BCUT2D eigenvalue weighted by Gasteiger charge is 2.27. The first-order valence-electron chi connectivity index (χ1n) is 7.61. The van der Waals surface area contributed by atoms with Crippen LogP contribution in [0.1, 0.15) is 18.4 Å². The monoisotopic (exact) mass is 355 g/mol. The lowest BCUT2D eigenvalue weighted by atomic mass is 10.1. The Morgan fingerprint density at radius 3 is 2.54 bits per heavy atom. The molecule has 24 heavy (non-hydrogen) atoms. The molecular weight excluding hydrogens is 334 g/mol. The molecule has 1 aromatic carbocycles. The van der Waals surface area contributed by atoms with Gasteiger partial charge in [0.15, 0.2) is 0 Å². The smallest absolute Gasteiger partial charge is 0.321 e. The number of hydrogen-bond acceptors (Lipinski definition) is 4. The Morgan fingerprint density at radius 2 is 1.92 bits per heavy atom. The van der Waals surface area contributed by atoms with Crippen molar-refractivity contribution in [1.82, 2.24) is 15.5 Å². The predicted octanol–water partition coefficient (Wildman–Crippen LogP) is 1.23. The Hall–Kier alpha value is -2.12. The number of imide groups is 1. The number of carbonyl (C=O) groups is 3. The average Bonchev–Trinajstić information content (AvgIpc) is 3.01. The zero-order valence-corrected chi connectivity index (χ0v) is 14.1. The van der Waals surface area contributed by atoms with E-state index in [-0.39, 0.29) is 30.7 Å². The Bertz CT molecular complexity index is 568. The maximum absolute atomic E-state index is 11.7. The molecule has 0 spiro atoms. The molecular formula is C16H22ClN3O4. The molecule has 1 unspecified atom stereocenters. The normalized spacial score (nSPS) is 16.9. The van der Waals surface area contributed by atoms with Gasteiger partial charge in [-0.15, -0.1) is 12.4 Å². The van der Waals surface area contributed by atoms with E-state index in [0.29, 0.717) is 32.6 Å². The summed E-state index contributed by atoms with van der Waals surface area (Å²) in [6.07, 6.45) is 0.777. The fourth-order valence-corrected chi connectivity index (χ4v) is 2.51. The predicted molar refractivity (Wildman–Crippen MR) is 90.9 cm³/mol. The molecule has 1 aliphatic rings. The van der Waals surface area contributed by atoms with Crippen molar-refractivity contribution >= 4 is 30.3 Å². The first kappa shape index (κ1) is 19.9. The summed E-state index contributed by atoms with van der Waals surface area (Å²) >= 11 is 0. The molecule has 0 saturated carbocycles. The van der Waals surface area contributed by atoms with Crippen LogP contribution in [0.25, 0.3) is 0 Å². The topological polar surface area (TPSA) is 98.7 Å². The van der Waals surface area contributed by atoms with Gasteiger partial charge in [0.1, 0.15) is 0 Å². The van der Waals surface area contributed by atoms with Crippen molar-refractivity contribution in [1.29, 1.82) is 0 Å². The third kappa shape index (κ3) is 6.55. The van der Waals surface area contributed by atoms with Crippen LogP contribution in [0.3, 0.4) is 0 Å². The van der Waals surface area contributed by atoms with E-state index in [4.69, 9.17) is 5.11 Å². The highest BCUT2D eigenvalue weighted by Crippen LogP contribution is 2.16. The van der Waals surface area contributed by atoms with Crippen molar-refractivity contribution < 1.29 is 19.5 Å². The van der Waals surface area contributed by atoms with Gasteiger partial charge in [-0.3, -0.25) is 14.9 Å². The third-order valence-corrected chi connectivity index (χ3v) is 3.83. The number of hydrogen-bond donors (Lipinski definition) is 3. The van der Waals surface area contributed by atoms with Gasteiger partial charge in [-0.1, -0.05) is 30.3 Å². The summed E-state index contributed by atoms with van der Waals surface area (Å²) in [5.41, 5.74) is 0.951. The Morgan fingerprint density at radius 1 is 1.21 bits per heavy atom. The molecule has 2 rings (SSSR count). The minimum absolute atomic E-state index is 0. The number of likely N-dealkylation sites (tertiary alicyclic amines) is 1. The number of carbonyl (C=O) groups excluding carboxylic acids is 2. The number of carboxylic acid groups (broad SMARTS) is 1. The quantitative estimate of drug-likeness (QED) is 0.713. The summed E-state index contributed by atoms with van der Waals surface area (Å²) in [5, 5.41) is 13.8.